The normalized spacial score (nSPS) is 17.2. The van der Waals surface area contributed by atoms with Gasteiger partial charge >= 0.3 is 0 Å². The molecule has 0 spiro atoms. The van der Waals surface area contributed by atoms with Crippen LogP contribution in [0.4, 0.5) is 5.69 Å². The van der Waals surface area contributed by atoms with Gasteiger partial charge in [-0.1, -0.05) is 42.5 Å². The Balaban J connectivity index is 1.31. The van der Waals surface area contributed by atoms with E-state index in [1.54, 1.807) is 6.08 Å². The van der Waals surface area contributed by atoms with E-state index in [0.29, 0.717) is 25.9 Å². The fourth-order valence-corrected chi connectivity index (χ4v) is 4.33. The quantitative estimate of drug-likeness (QED) is 0.787. The van der Waals surface area contributed by atoms with Crippen molar-refractivity contribution in [2.75, 3.05) is 18.4 Å². The Morgan fingerprint density at radius 3 is 2.48 bits per heavy atom. The van der Waals surface area contributed by atoms with Crippen LogP contribution in [-0.2, 0) is 22.4 Å². The van der Waals surface area contributed by atoms with Crippen molar-refractivity contribution in [2.24, 2.45) is 5.92 Å². The number of likely N-dealkylation sites (tertiary alicyclic amines) is 1. The number of carbonyl (C=O) groups excluding carboxylic acids is 2. The molecule has 29 heavy (non-hydrogen) atoms. The fourth-order valence-electron chi connectivity index (χ4n) is 4.33. The molecule has 2 aliphatic rings. The number of carbonyl (C=O) groups is 2. The van der Waals surface area contributed by atoms with E-state index in [1.807, 2.05) is 53.4 Å². The maximum absolute atomic E-state index is 12.8. The van der Waals surface area contributed by atoms with Gasteiger partial charge in [0.15, 0.2) is 0 Å². The van der Waals surface area contributed by atoms with Crippen LogP contribution in [-0.4, -0.2) is 29.8 Å². The number of benzene rings is 2. The van der Waals surface area contributed by atoms with Crippen LogP contribution in [0.15, 0.2) is 54.6 Å². The van der Waals surface area contributed by atoms with Gasteiger partial charge in [-0.2, -0.15) is 0 Å². The predicted octanol–water partition coefficient (Wildman–Crippen LogP) is 4.46. The third-order valence-electron chi connectivity index (χ3n) is 6.05. The molecule has 4 nitrogen and oxygen atoms in total. The molecule has 0 bridgehead atoms. The number of hydrogen-bond donors (Lipinski definition) is 1. The summed E-state index contributed by atoms with van der Waals surface area (Å²) in [6.07, 6.45) is 9.48. The van der Waals surface area contributed by atoms with Gasteiger partial charge in [0, 0.05) is 30.8 Å². The van der Waals surface area contributed by atoms with Crippen molar-refractivity contribution < 1.29 is 9.59 Å². The lowest BCUT2D eigenvalue weighted by Gasteiger charge is -2.31. The zero-order valence-electron chi connectivity index (χ0n) is 16.8. The number of nitrogens with zero attached hydrogens (tertiary/aromatic N) is 1. The molecule has 4 rings (SSSR count). The molecule has 1 N–H and O–H groups in total. The van der Waals surface area contributed by atoms with E-state index >= 15 is 0 Å². The summed E-state index contributed by atoms with van der Waals surface area (Å²) in [5, 5.41) is 3.17. The fraction of sp³-hybridized carbons (Fsp3) is 0.360. The van der Waals surface area contributed by atoms with Gasteiger partial charge in [-0.25, -0.2) is 0 Å². The number of piperidine rings is 1. The maximum atomic E-state index is 12.8. The SMILES string of the molecule is O=C(Nc1cccc2c1CCCC2)C1CCN(C(=O)/C=C/c2ccccc2)CC1. The number of nitrogens with one attached hydrogen (secondary N) is 1. The average molecular weight is 389 g/mol. The molecule has 4 heteroatoms. The Kier molecular flexibility index (Phi) is 6.09. The minimum atomic E-state index is -0.0309. The molecule has 0 unspecified atom stereocenters. The molecular weight excluding hydrogens is 360 g/mol. The Hall–Kier alpha value is -2.88. The molecule has 0 atom stereocenters. The molecule has 2 aromatic rings. The zero-order valence-corrected chi connectivity index (χ0v) is 16.8. The van der Waals surface area contributed by atoms with Crippen molar-refractivity contribution in [3.8, 4) is 0 Å². The number of aryl methyl sites for hydroxylation is 1. The highest BCUT2D eigenvalue weighted by Gasteiger charge is 2.27. The monoisotopic (exact) mass is 388 g/mol. The van der Waals surface area contributed by atoms with E-state index in [0.717, 1.165) is 24.1 Å². The number of rotatable bonds is 4. The van der Waals surface area contributed by atoms with Crippen LogP contribution >= 0.6 is 0 Å². The summed E-state index contributed by atoms with van der Waals surface area (Å²) < 4.78 is 0. The van der Waals surface area contributed by atoms with Gasteiger partial charge < -0.3 is 10.2 Å². The Labute approximate surface area is 172 Å². The molecule has 1 saturated heterocycles. The van der Waals surface area contributed by atoms with Crippen LogP contribution in [0.2, 0.25) is 0 Å². The molecular formula is C25H28N2O2. The topological polar surface area (TPSA) is 49.4 Å². The Morgan fingerprint density at radius 1 is 0.931 bits per heavy atom. The predicted molar refractivity (Wildman–Crippen MR) is 116 cm³/mol. The second-order valence-electron chi connectivity index (χ2n) is 7.98. The molecule has 2 amide bonds. The smallest absolute Gasteiger partial charge is 0.246 e. The number of amides is 2. The molecule has 0 aromatic heterocycles. The Morgan fingerprint density at radius 2 is 1.69 bits per heavy atom. The first kappa shape index (κ1) is 19.4. The lowest BCUT2D eigenvalue weighted by Crippen LogP contribution is -2.40. The third-order valence-corrected chi connectivity index (χ3v) is 6.05. The van der Waals surface area contributed by atoms with Crippen molar-refractivity contribution in [1.29, 1.82) is 0 Å². The lowest BCUT2D eigenvalue weighted by molar-refractivity contribution is -0.130. The van der Waals surface area contributed by atoms with E-state index in [4.69, 9.17) is 0 Å². The second kappa shape index (κ2) is 9.08. The van der Waals surface area contributed by atoms with Gasteiger partial charge in [0.1, 0.15) is 0 Å². The Bertz CT molecular complexity index is 896. The van der Waals surface area contributed by atoms with Crippen LogP contribution in [0, 0.1) is 5.92 Å². The standard InChI is InChI=1S/C25H28N2O2/c28-24(14-13-19-7-2-1-3-8-19)27-17-15-21(16-18-27)25(29)26-23-12-6-10-20-9-4-5-11-22(20)23/h1-3,6-8,10,12-14,21H,4-5,9,11,15-18H2,(H,26,29)/b14-13+. The van der Waals surface area contributed by atoms with E-state index < -0.39 is 0 Å². The largest absolute Gasteiger partial charge is 0.339 e. The van der Waals surface area contributed by atoms with Crippen molar-refractivity contribution in [3.63, 3.8) is 0 Å². The van der Waals surface area contributed by atoms with Crippen LogP contribution in [0.3, 0.4) is 0 Å². The molecule has 0 radical (unpaired) electrons. The summed E-state index contributed by atoms with van der Waals surface area (Å²) in [7, 11) is 0. The summed E-state index contributed by atoms with van der Waals surface area (Å²) in [5.41, 5.74) is 4.68. The van der Waals surface area contributed by atoms with Crippen molar-refractivity contribution >= 4 is 23.6 Å². The van der Waals surface area contributed by atoms with Crippen molar-refractivity contribution in [1.82, 2.24) is 4.90 Å². The second-order valence-corrected chi connectivity index (χ2v) is 7.98. The van der Waals surface area contributed by atoms with Crippen LogP contribution < -0.4 is 5.32 Å². The van der Waals surface area contributed by atoms with Gasteiger partial charge in [-0.15, -0.1) is 0 Å². The average Bonchev–Trinajstić information content (AvgIpc) is 2.78. The first-order valence-electron chi connectivity index (χ1n) is 10.6. The molecule has 150 valence electrons. The number of hydrogen-bond acceptors (Lipinski definition) is 2. The molecule has 1 fully saturated rings. The van der Waals surface area contributed by atoms with E-state index in [1.165, 1.54) is 24.0 Å². The summed E-state index contributed by atoms with van der Waals surface area (Å²) in [6.45, 7) is 1.26. The van der Waals surface area contributed by atoms with E-state index in [2.05, 4.69) is 11.4 Å². The number of fused-ring (bicyclic) bond motifs is 1. The minimum Gasteiger partial charge on any atom is -0.339 e. The first-order valence-corrected chi connectivity index (χ1v) is 10.6. The van der Waals surface area contributed by atoms with Crippen molar-refractivity contribution in [3.05, 3.63) is 71.3 Å². The summed E-state index contributed by atoms with van der Waals surface area (Å²) in [6, 6.07) is 16.1. The summed E-state index contributed by atoms with van der Waals surface area (Å²) in [5.74, 6) is 0.0809. The zero-order chi connectivity index (χ0) is 20.1. The van der Waals surface area contributed by atoms with E-state index in [9.17, 15) is 9.59 Å². The maximum Gasteiger partial charge on any atom is 0.246 e. The van der Waals surface area contributed by atoms with Gasteiger partial charge in [-0.3, -0.25) is 9.59 Å². The third kappa shape index (κ3) is 4.76. The molecule has 0 saturated carbocycles. The lowest BCUT2D eigenvalue weighted by atomic mass is 9.90. The highest BCUT2D eigenvalue weighted by Crippen LogP contribution is 2.29. The van der Waals surface area contributed by atoms with Crippen LogP contribution in [0.25, 0.3) is 6.08 Å². The minimum absolute atomic E-state index is 0.0184. The van der Waals surface area contributed by atoms with Gasteiger partial charge in [0.2, 0.25) is 11.8 Å². The van der Waals surface area contributed by atoms with E-state index in [-0.39, 0.29) is 17.7 Å². The summed E-state index contributed by atoms with van der Waals surface area (Å²) >= 11 is 0. The molecule has 1 aliphatic heterocycles. The first-order chi connectivity index (χ1) is 14.2. The van der Waals surface area contributed by atoms with Crippen LogP contribution in [0.1, 0.15) is 42.4 Å². The molecule has 2 aromatic carbocycles. The molecule has 1 aliphatic carbocycles. The number of anilines is 1. The van der Waals surface area contributed by atoms with Gasteiger partial charge in [-0.05, 0) is 67.4 Å². The highest BCUT2D eigenvalue weighted by atomic mass is 16.2. The molecule has 1 heterocycles. The highest BCUT2D eigenvalue weighted by molar-refractivity contribution is 5.94. The van der Waals surface area contributed by atoms with Crippen molar-refractivity contribution in [2.45, 2.75) is 38.5 Å². The summed E-state index contributed by atoms with van der Waals surface area (Å²) in [4.78, 5) is 27.1. The van der Waals surface area contributed by atoms with Gasteiger partial charge in [0.05, 0.1) is 0 Å². The van der Waals surface area contributed by atoms with Crippen LogP contribution in [0.5, 0.6) is 0 Å². The van der Waals surface area contributed by atoms with Gasteiger partial charge in [0.25, 0.3) is 0 Å².